The molecule has 0 bridgehead atoms. The third kappa shape index (κ3) is 3.37. The number of thiophene rings is 1. The summed E-state index contributed by atoms with van der Waals surface area (Å²) in [4.78, 5) is 29.6. The Bertz CT molecular complexity index is 1120. The van der Waals surface area contributed by atoms with Crippen molar-refractivity contribution in [3.05, 3.63) is 82.0 Å². The van der Waals surface area contributed by atoms with Crippen LogP contribution < -0.4 is 5.32 Å². The van der Waals surface area contributed by atoms with Crippen LogP contribution in [0.25, 0.3) is 11.1 Å². The predicted molar refractivity (Wildman–Crippen MR) is 124 cm³/mol. The Morgan fingerprint density at radius 3 is 2.45 bits per heavy atom. The normalized spacial score (nSPS) is 20.8. The monoisotopic (exact) mass is 430 g/mol. The molecule has 2 aromatic carbocycles. The van der Waals surface area contributed by atoms with E-state index < -0.39 is 5.54 Å². The van der Waals surface area contributed by atoms with E-state index >= 15 is 0 Å². The molecule has 2 amide bonds. The number of fused-ring (bicyclic) bond motifs is 3. The highest BCUT2D eigenvalue weighted by atomic mass is 32.1. The van der Waals surface area contributed by atoms with Crippen molar-refractivity contribution >= 4 is 23.2 Å². The molecule has 1 aromatic heterocycles. The van der Waals surface area contributed by atoms with Crippen LogP contribution in [0.4, 0.5) is 0 Å². The summed E-state index contributed by atoms with van der Waals surface area (Å²) < 4.78 is 0. The Morgan fingerprint density at radius 2 is 1.68 bits per heavy atom. The molecule has 1 saturated carbocycles. The molecule has 31 heavy (non-hydrogen) atoms. The van der Waals surface area contributed by atoms with Gasteiger partial charge in [-0.1, -0.05) is 67.4 Å². The predicted octanol–water partition coefficient (Wildman–Crippen LogP) is 5.35. The van der Waals surface area contributed by atoms with E-state index in [1.807, 2.05) is 72.3 Å². The molecule has 0 spiro atoms. The lowest BCUT2D eigenvalue weighted by Crippen LogP contribution is -2.57. The molecular formula is C26H26N2O2S. The van der Waals surface area contributed by atoms with Gasteiger partial charge in [0.05, 0.1) is 5.56 Å². The van der Waals surface area contributed by atoms with Gasteiger partial charge in [-0.25, -0.2) is 0 Å². The summed E-state index contributed by atoms with van der Waals surface area (Å²) >= 11 is 1.53. The van der Waals surface area contributed by atoms with Crippen LogP contribution >= 0.6 is 11.3 Å². The fourth-order valence-corrected chi connectivity index (χ4v) is 5.77. The van der Waals surface area contributed by atoms with Gasteiger partial charge in [0.15, 0.2) is 0 Å². The molecule has 1 fully saturated rings. The Morgan fingerprint density at radius 1 is 1.00 bits per heavy atom. The fourth-order valence-electron chi connectivity index (χ4n) is 4.94. The van der Waals surface area contributed by atoms with Crippen LogP contribution in [0.15, 0.2) is 65.4 Å². The highest BCUT2D eigenvalue weighted by Crippen LogP contribution is 2.44. The van der Waals surface area contributed by atoms with Gasteiger partial charge < -0.3 is 10.2 Å². The molecule has 158 valence electrons. The minimum Gasteiger partial charge on any atom is -0.351 e. The van der Waals surface area contributed by atoms with E-state index in [9.17, 15) is 9.59 Å². The van der Waals surface area contributed by atoms with Crippen molar-refractivity contribution < 1.29 is 9.59 Å². The van der Waals surface area contributed by atoms with Crippen LogP contribution in [0.2, 0.25) is 0 Å². The summed E-state index contributed by atoms with van der Waals surface area (Å²) in [5.41, 5.74) is 3.33. The zero-order valence-electron chi connectivity index (χ0n) is 17.6. The smallest absolute Gasteiger partial charge is 0.256 e. The average molecular weight is 431 g/mol. The third-order valence-electron chi connectivity index (χ3n) is 6.74. The Hall–Kier alpha value is -2.92. The van der Waals surface area contributed by atoms with E-state index in [2.05, 4.69) is 5.32 Å². The molecule has 2 heterocycles. The van der Waals surface area contributed by atoms with Crippen molar-refractivity contribution in [2.45, 2.75) is 50.7 Å². The number of hydrogen-bond donors (Lipinski definition) is 1. The second kappa shape index (κ2) is 7.97. The highest BCUT2D eigenvalue weighted by molar-refractivity contribution is 7.08. The second-order valence-corrected chi connectivity index (χ2v) is 9.39. The van der Waals surface area contributed by atoms with Gasteiger partial charge >= 0.3 is 0 Å². The maximum Gasteiger partial charge on any atom is 0.256 e. The first-order valence-electron chi connectivity index (χ1n) is 10.9. The van der Waals surface area contributed by atoms with Crippen LogP contribution in [0.1, 0.15) is 54.1 Å². The number of benzene rings is 2. The molecule has 4 nitrogen and oxygen atoms in total. The minimum atomic E-state index is -1.11. The molecule has 1 unspecified atom stereocenters. The van der Waals surface area contributed by atoms with E-state index in [4.69, 9.17) is 0 Å². The quantitative estimate of drug-likeness (QED) is 0.607. The summed E-state index contributed by atoms with van der Waals surface area (Å²) in [5.74, 6) is -0.190. The highest BCUT2D eigenvalue weighted by Gasteiger charge is 2.48. The van der Waals surface area contributed by atoms with E-state index in [0.29, 0.717) is 12.1 Å². The molecule has 3 aromatic rings. The lowest BCUT2D eigenvalue weighted by Gasteiger charge is -2.40. The molecule has 0 saturated heterocycles. The summed E-state index contributed by atoms with van der Waals surface area (Å²) in [5, 5.41) is 7.21. The maximum absolute atomic E-state index is 13.9. The van der Waals surface area contributed by atoms with Gasteiger partial charge in [-0.15, -0.1) is 0 Å². The van der Waals surface area contributed by atoms with Crippen molar-refractivity contribution in [1.29, 1.82) is 0 Å². The number of nitrogens with one attached hydrogen (secondary N) is 1. The first-order chi connectivity index (χ1) is 15.1. The summed E-state index contributed by atoms with van der Waals surface area (Å²) in [6, 6.07) is 18.1. The Balaban J connectivity index is 1.67. The summed E-state index contributed by atoms with van der Waals surface area (Å²) in [6.07, 6.45) is 4.29. The van der Waals surface area contributed by atoms with Crippen LogP contribution in [-0.4, -0.2) is 22.8 Å². The second-order valence-electron chi connectivity index (χ2n) is 8.65. The van der Waals surface area contributed by atoms with Crippen molar-refractivity contribution in [2.75, 3.05) is 0 Å². The number of hydrogen-bond acceptors (Lipinski definition) is 3. The van der Waals surface area contributed by atoms with Crippen molar-refractivity contribution in [3.8, 4) is 11.1 Å². The first kappa shape index (κ1) is 20.0. The van der Waals surface area contributed by atoms with Gasteiger partial charge in [0.1, 0.15) is 5.54 Å². The molecule has 5 rings (SSSR count). The zero-order chi connectivity index (χ0) is 21.4. The topological polar surface area (TPSA) is 49.4 Å². The number of amides is 2. The number of carbonyl (C=O) groups excluding carboxylic acids is 2. The van der Waals surface area contributed by atoms with Crippen LogP contribution in [0.5, 0.6) is 0 Å². The molecule has 1 aliphatic carbocycles. The lowest BCUT2D eigenvalue weighted by molar-refractivity contribution is -0.133. The molecule has 5 heteroatoms. The van der Waals surface area contributed by atoms with Gasteiger partial charge in [-0.3, -0.25) is 9.59 Å². The summed E-state index contributed by atoms with van der Waals surface area (Å²) in [6.45, 7) is 2.28. The van der Waals surface area contributed by atoms with Gasteiger partial charge in [-0.2, -0.15) is 11.3 Å². The third-order valence-corrected chi connectivity index (χ3v) is 7.48. The standard InChI is InChI=1S/C26H26N2O2S/c1-26(25(30)27-19-11-5-6-12-19)23-14-8-7-13-20(23)21-16-31-17-22(21)24(29)28(26)15-18-9-3-2-4-10-18/h2-4,7-10,13-14,16-17,19H,5-6,11-12,15H2,1H3,(H,27,30). The van der Waals surface area contributed by atoms with Crippen LogP contribution in [0.3, 0.4) is 0 Å². The van der Waals surface area contributed by atoms with Crippen LogP contribution in [0, 0.1) is 0 Å². The van der Waals surface area contributed by atoms with Gasteiger partial charge in [-0.05, 0) is 41.8 Å². The summed E-state index contributed by atoms with van der Waals surface area (Å²) in [7, 11) is 0. The number of rotatable bonds is 4. The molecule has 1 atom stereocenters. The SMILES string of the molecule is CC1(C(=O)NC2CCCC2)c2ccccc2-c2cscc2C(=O)N1Cc1ccccc1. The van der Waals surface area contributed by atoms with Gasteiger partial charge in [0.25, 0.3) is 11.8 Å². The number of carbonyl (C=O) groups is 2. The zero-order valence-corrected chi connectivity index (χ0v) is 18.5. The molecule has 1 aliphatic heterocycles. The van der Waals surface area contributed by atoms with Gasteiger partial charge in [0.2, 0.25) is 0 Å². The van der Waals surface area contributed by atoms with E-state index in [1.165, 1.54) is 11.3 Å². The molecule has 2 aliphatic rings. The van der Waals surface area contributed by atoms with Crippen molar-refractivity contribution in [1.82, 2.24) is 10.2 Å². The Labute approximate surface area is 186 Å². The van der Waals surface area contributed by atoms with E-state index in [0.717, 1.165) is 47.9 Å². The average Bonchev–Trinajstić information content (AvgIpc) is 3.48. The van der Waals surface area contributed by atoms with Crippen molar-refractivity contribution in [3.63, 3.8) is 0 Å². The van der Waals surface area contributed by atoms with Gasteiger partial charge in [0, 0.05) is 23.5 Å². The molecule has 1 N–H and O–H groups in total. The molecular weight excluding hydrogens is 404 g/mol. The fraction of sp³-hybridized carbons (Fsp3) is 0.308. The first-order valence-corrected chi connectivity index (χ1v) is 11.9. The van der Waals surface area contributed by atoms with E-state index in [1.54, 1.807) is 4.90 Å². The molecule has 0 radical (unpaired) electrons. The van der Waals surface area contributed by atoms with E-state index in [-0.39, 0.29) is 17.9 Å². The Kier molecular flexibility index (Phi) is 5.14. The largest absolute Gasteiger partial charge is 0.351 e. The van der Waals surface area contributed by atoms with Crippen molar-refractivity contribution in [2.24, 2.45) is 0 Å². The lowest BCUT2D eigenvalue weighted by atomic mass is 9.84. The minimum absolute atomic E-state index is 0.0926. The maximum atomic E-state index is 13.9. The van der Waals surface area contributed by atoms with Crippen LogP contribution in [-0.2, 0) is 16.9 Å². The number of nitrogens with zero attached hydrogens (tertiary/aromatic N) is 1.